The molecule has 158 valence electrons. The average molecular weight is 415 g/mol. The molecule has 0 saturated heterocycles. The zero-order valence-electron chi connectivity index (χ0n) is 17.7. The van der Waals surface area contributed by atoms with E-state index in [1.807, 2.05) is 59.1 Å². The minimum absolute atomic E-state index is 0.437. The quantitative estimate of drug-likeness (QED) is 0.445. The van der Waals surface area contributed by atoms with Gasteiger partial charge in [0.05, 0.1) is 6.61 Å². The van der Waals surface area contributed by atoms with Gasteiger partial charge in [-0.1, -0.05) is 12.1 Å². The molecule has 0 aliphatic heterocycles. The van der Waals surface area contributed by atoms with Crippen LogP contribution in [0.3, 0.4) is 0 Å². The van der Waals surface area contributed by atoms with Crippen LogP contribution in [0.2, 0.25) is 0 Å². The van der Waals surface area contributed by atoms with Gasteiger partial charge in [-0.3, -0.25) is 9.20 Å². The number of primary amides is 1. The number of hydrogen-bond donors (Lipinski definition) is 1. The Morgan fingerprint density at radius 2 is 1.61 bits per heavy atom. The molecule has 1 amide bonds. The summed E-state index contributed by atoms with van der Waals surface area (Å²) in [4.78, 5) is 13.4. The molecule has 0 unspecified atom stereocenters. The summed E-state index contributed by atoms with van der Waals surface area (Å²) in [6, 6.07) is 19.0. The van der Waals surface area contributed by atoms with E-state index >= 15 is 0 Å². The molecule has 0 radical (unpaired) electrons. The van der Waals surface area contributed by atoms with E-state index in [1.54, 1.807) is 12.1 Å². The summed E-state index contributed by atoms with van der Waals surface area (Å²) in [5.74, 6) is 1.16. The van der Waals surface area contributed by atoms with E-state index in [1.165, 1.54) is 0 Å². The van der Waals surface area contributed by atoms with Gasteiger partial charge in [-0.2, -0.15) is 0 Å². The maximum absolute atomic E-state index is 11.3. The van der Waals surface area contributed by atoms with Crippen molar-refractivity contribution in [2.75, 3.05) is 27.2 Å². The number of carbonyl (C=O) groups excluding carboxylic acids is 1. The smallest absolute Gasteiger partial charge is 0.248 e. The van der Waals surface area contributed by atoms with Gasteiger partial charge in [0.25, 0.3) is 0 Å². The first-order chi connectivity index (χ1) is 15.0. The lowest BCUT2D eigenvalue weighted by atomic mass is 10.1. The lowest BCUT2D eigenvalue weighted by molar-refractivity contribution is 0.100. The molecule has 7 nitrogen and oxygen atoms in total. The van der Waals surface area contributed by atoms with Crippen molar-refractivity contribution in [3.63, 3.8) is 0 Å². The van der Waals surface area contributed by atoms with Gasteiger partial charge in [-0.05, 0) is 80.2 Å². The highest BCUT2D eigenvalue weighted by atomic mass is 16.5. The average Bonchev–Trinajstić information content (AvgIpc) is 3.20. The summed E-state index contributed by atoms with van der Waals surface area (Å²) in [6.45, 7) is 1.68. The van der Waals surface area contributed by atoms with E-state index in [0.29, 0.717) is 12.2 Å². The summed E-state index contributed by atoms with van der Waals surface area (Å²) in [7, 11) is 4.11. The first-order valence-electron chi connectivity index (χ1n) is 10.1. The number of nitrogens with zero attached hydrogens (tertiary/aromatic N) is 4. The molecule has 2 N–H and O–H groups in total. The third kappa shape index (κ3) is 4.73. The molecule has 2 aromatic heterocycles. The molecule has 4 aromatic rings. The molecule has 0 bridgehead atoms. The van der Waals surface area contributed by atoms with Gasteiger partial charge >= 0.3 is 0 Å². The van der Waals surface area contributed by atoms with E-state index in [-0.39, 0.29) is 0 Å². The lowest BCUT2D eigenvalue weighted by Crippen LogP contribution is -2.15. The maximum Gasteiger partial charge on any atom is 0.248 e. The van der Waals surface area contributed by atoms with Gasteiger partial charge < -0.3 is 15.4 Å². The second-order valence-corrected chi connectivity index (χ2v) is 7.64. The second kappa shape index (κ2) is 8.97. The number of nitrogens with two attached hydrogens (primary N) is 1. The van der Waals surface area contributed by atoms with Crippen LogP contribution in [0.1, 0.15) is 16.8 Å². The van der Waals surface area contributed by atoms with Crippen molar-refractivity contribution >= 4 is 11.6 Å². The number of ether oxygens (including phenoxy) is 1. The Hall–Kier alpha value is -3.71. The highest BCUT2D eigenvalue weighted by molar-refractivity contribution is 5.93. The Balaban J connectivity index is 1.55. The first kappa shape index (κ1) is 20.6. The van der Waals surface area contributed by atoms with Crippen molar-refractivity contribution in [2.45, 2.75) is 6.42 Å². The molecule has 2 heterocycles. The number of benzene rings is 2. The predicted octanol–water partition coefficient (Wildman–Crippen LogP) is 3.49. The van der Waals surface area contributed by atoms with Gasteiger partial charge in [0, 0.05) is 23.9 Å². The first-order valence-corrected chi connectivity index (χ1v) is 10.1. The Morgan fingerprint density at radius 1 is 0.935 bits per heavy atom. The topological polar surface area (TPSA) is 85.8 Å². The zero-order chi connectivity index (χ0) is 21.8. The Morgan fingerprint density at radius 3 is 2.29 bits per heavy atom. The summed E-state index contributed by atoms with van der Waals surface area (Å²) in [5.41, 5.74) is 9.50. The molecular formula is C24H25N5O2. The molecule has 0 saturated carbocycles. The minimum atomic E-state index is -0.437. The van der Waals surface area contributed by atoms with Crippen molar-refractivity contribution < 1.29 is 9.53 Å². The molecule has 0 atom stereocenters. The summed E-state index contributed by atoms with van der Waals surface area (Å²) in [5, 5.41) is 8.65. The van der Waals surface area contributed by atoms with Gasteiger partial charge in [-0.15, -0.1) is 10.2 Å². The van der Waals surface area contributed by atoms with Crippen LogP contribution < -0.4 is 10.5 Å². The third-order valence-electron chi connectivity index (χ3n) is 5.04. The van der Waals surface area contributed by atoms with Gasteiger partial charge in [-0.25, -0.2) is 0 Å². The SMILES string of the molecule is CN(C)CCCOc1ccc(-c2nnc3ccc(-c4ccc(C(N)=O)cc4)cn23)cc1. The standard InChI is InChI=1S/C24H25N5O2/c1-28(2)14-3-15-31-21-11-8-19(9-12-21)24-27-26-22-13-10-20(16-29(22)24)17-4-6-18(7-5-17)23(25)30/h4-13,16H,3,14-15H2,1-2H3,(H2,25,30). The van der Waals surface area contributed by atoms with Gasteiger partial charge in [0.1, 0.15) is 5.75 Å². The van der Waals surface area contributed by atoms with Gasteiger partial charge in [0.15, 0.2) is 11.5 Å². The van der Waals surface area contributed by atoms with E-state index < -0.39 is 5.91 Å². The molecular weight excluding hydrogens is 390 g/mol. The van der Waals surface area contributed by atoms with Gasteiger partial charge in [0.2, 0.25) is 5.91 Å². The van der Waals surface area contributed by atoms with E-state index in [0.717, 1.165) is 46.9 Å². The number of fused-ring (bicyclic) bond motifs is 1. The van der Waals surface area contributed by atoms with Crippen LogP contribution in [-0.2, 0) is 0 Å². The fourth-order valence-electron chi connectivity index (χ4n) is 3.36. The van der Waals surface area contributed by atoms with Crippen LogP contribution >= 0.6 is 0 Å². The molecule has 0 fully saturated rings. The molecule has 0 aliphatic carbocycles. The zero-order valence-corrected chi connectivity index (χ0v) is 17.7. The molecule has 7 heteroatoms. The van der Waals surface area contributed by atoms with Crippen LogP contribution in [0, 0.1) is 0 Å². The third-order valence-corrected chi connectivity index (χ3v) is 5.04. The predicted molar refractivity (Wildman–Crippen MR) is 121 cm³/mol. The monoisotopic (exact) mass is 415 g/mol. The summed E-state index contributed by atoms with van der Waals surface area (Å²) < 4.78 is 7.78. The lowest BCUT2D eigenvalue weighted by Gasteiger charge is -2.10. The Kier molecular flexibility index (Phi) is 5.95. The number of amides is 1. The number of aromatic nitrogens is 3. The largest absolute Gasteiger partial charge is 0.494 e. The minimum Gasteiger partial charge on any atom is -0.494 e. The highest BCUT2D eigenvalue weighted by Gasteiger charge is 2.10. The van der Waals surface area contributed by atoms with Crippen molar-refractivity contribution in [3.05, 3.63) is 72.4 Å². The summed E-state index contributed by atoms with van der Waals surface area (Å²) >= 11 is 0. The van der Waals surface area contributed by atoms with Crippen molar-refractivity contribution in [1.29, 1.82) is 0 Å². The van der Waals surface area contributed by atoms with Crippen LogP contribution in [0.4, 0.5) is 0 Å². The normalized spacial score (nSPS) is 11.2. The van der Waals surface area contributed by atoms with Crippen LogP contribution in [0.15, 0.2) is 66.9 Å². The summed E-state index contributed by atoms with van der Waals surface area (Å²) in [6.07, 6.45) is 2.97. The second-order valence-electron chi connectivity index (χ2n) is 7.64. The Labute approximate surface area is 181 Å². The fourth-order valence-corrected chi connectivity index (χ4v) is 3.36. The van der Waals surface area contributed by atoms with E-state index in [9.17, 15) is 4.79 Å². The van der Waals surface area contributed by atoms with E-state index in [2.05, 4.69) is 29.2 Å². The number of rotatable bonds is 8. The van der Waals surface area contributed by atoms with Crippen LogP contribution in [0.25, 0.3) is 28.2 Å². The van der Waals surface area contributed by atoms with E-state index in [4.69, 9.17) is 10.5 Å². The number of carbonyl (C=O) groups is 1. The molecule has 0 aliphatic rings. The highest BCUT2D eigenvalue weighted by Crippen LogP contribution is 2.25. The number of pyridine rings is 1. The van der Waals surface area contributed by atoms with Crippen molar-refractivity contribution in [3.8, 4) is 28.3 Å². The van der Waals surface area contributed by atoms with Crippen molar-refractivity contribution in [2.24, 2.45) is 5.73 Å². The molecule has 0 spiro atoms. The maximum atomic E-state index is 11.3. The fraction of sp³-hybridized carbons (Fsp3) is 0.208. The molecule has 2 aromatic carbocycles. The molecule has 4 rings (SSSR count). The van der Waals surface area contributed by atoms with Crippen LogP contribution in [-0.4, -0.2) is 52.7 Å². The van der Waals surface area contributed by atoms with Crippen LogP contribution in [0.5, 0.6) is 5.75 Å². The molecule has 31 heavy (non-hydrogen) atoms. The van der Waals surface area contributed by atoms with Crippen molar-refractivity contribution in [1.82, 2.24) is 19.5 Å². The number of hydrogen-bond acceptors (Lipinski definition) is 5. The Bertz CT molecular complexity index is 1180.